The molecule has 0 bridgehead atoms. The highest BCUT2D eigenvalue weighted by molar-refractivity contribution is 6.07. The van der Waals surface area contributed by atoms with E-state index in [1.54, 1.807) is 31.2 Å². The zero-order chi connectivity index (χ0) is 27.0. The lowest BCUT2D eigenvalue weighted by Gasteiger charge is -2.35. The number of aryl methyl sites for hydroxylation is 1. The zero-order valence-electron chi connectivity index (χ0n) is 19.2. The highest BCUT2D eigenvalue weighted by Crippen LogP contribution is 2.37. The van der Waals surface area contributed by atoms with Gasteiger partial charge in [-0.15, -0.1) is 0 Å². The van der Waals surface area contributed by atoms with Gasteiger partial charge in [0.2, 0.25) is 0 Å². The van der Waals surface area contributed by atoms with E-state index in [1.165, 1.54) is 6.07 Å². The summed E-state index contributed by atoms with van der Waals surface area (Å²) < 4.78 is 79.4. The summed E-state index contributed by atoms with van der Waals surface area (Å²) in [6, 6.07) is 8.88. The molecule has 3 N–H and O–H groups in total. The molecule has 4 rings (SSSR count). The van der Waals surface area contributed by atoms with E-state index in [4.69, 9.17) is 0 Å². The van der Waals surface area contributed by atoms with E-state index in [2.05, 4.69) is 20.9 Å². The highest BCUT2D eigenvalue weighted by Gasteiger charge is 2.46. The maximum Gasteiger partial charge on any atom is 0.416 e. The Kier molecular flexibility index (Phi) is 6.85. The fourth-order valence-electron chi connectivity index (χ4n) is 3.74. The Morgan fingerprint density at radius 1 is 0.973 bits per heavy atom. The van der Waals surface area contributed by atoms with Crippen LogP contribution in [0.5, 0.6) is 0 Å². The number of carbonyl (C=O) groups excluding carboxylic acids is 2. The second kappa shape index (κ2) is 9.75. The molecule has 1 aliphatic rings. The van der Waals surface area contributed by atoms with Crippen LogP contribution in [0.1, 0.15) is 44.7 Å². The molecule has 0 spiro atoms. The van der Waals surface area contributed by atoms with E-state index in [9.17, 15) is 35.9 Å². The van der Waals surface area contributed by atoms with Crippen molar-refractivity contribution in [2.75, 3.05) is 10.6 Å². The zero-order valence-corrected chi connectivity index (χ0v) is 19.2. The maximum atomic E-state index is 13.8. The van der Waals surface area contributed by atoms with Gasteiger partial charge in [0.05, 0.1) is 16.8 Å². The third-order valence-electron chi connectivity index (χ3n) is 5.71. The minimum absolute atomic E-state index is 0.0434. The first-order chi connectivity index (χ1) is 17.3. The largest absolute Gasteiger partial charge is 0.416 e. The summed E-state index contributed by atoms with van der Waals surface area (Å²) in [4.78, 5) is 29.6. The predicted molar refractivity (Wildman–Crippen MR) is 123 cm³/mol. The number of alkyl halides is 5. The van der Waals surface area contributed by atoms with Crippen LogP contribution >= 0.6 is 0 Å². The summed E-state index contributed by atoms with van der Waals surface area (Å²) in [7, 11) is 0. The fraction of sp³-hybridized carbons (Fsp3) is 0.240. The number of nitrogens with zero attached hydrogens (tertiary/aromatic N) is 1. The Morgan fingerprint density at radius 2 is 1.68 bits per heavy atom. The number of benzene rings is 2. The molecule has 37 heavy (non-hydrogen) atoms. The van der Waals surface area contributed by atoms with Crippen LogP contribution in [0.15, 0.2) is 54.7 Å². The van der Waals surface area contributed by atoms with Gasteiger partial charge in [0.15, 0.2) is 5.82 Å². The number of anilines is 3. The summed E-state index contributed by atoms with van der Waals surface area (Å²) in [6.07, 6.45) is -4.74. The summed E-state index contributed by atoms with van der Waals surface area (Å²) in [5.74, 6) is -5.88. The van der Waals surface area contributed by atoms with Crippen molar-refractivity contribution in [3.8, 4) is 0 Å². The standard InChI is InChI=1S/C25H20F6N4O2/c1-13-4-2-3-5-19(13)34-21-20(8-15(12-32-21)23(37)33-18-10-24(27,28)11-18)35-22(36)14-6-16(25(29,30)31)9-17(26)7-14/h2-9,12,18H,10-11H2,1H3,(H,32,34)(H,33,37)(H,35,36). The lowest BCUT2D eigenvalue weighted by molar-refractivity contribution is -0.137. The van der Waals surface area contributed by atoms with Gasteiger partial charge in [0.25, 0.3) is 17.7 Å². The number of hydrogen-bond donors (Lipinski definition) is 3. The molecule has 1 heterocycles. The van der Waals surface area contributed by atoms with Gasteiger partial charge < -0.3 is 16.0 Å². The first-order valence-electron chi connectivity index (χ1n) is 11.0. The third kappa shape index (κ3) is 6.19. The minimum atomic E-state index is -4.88. The van der Waals surface area contributed by atoms with Gasteiger partial charge >= 0.3 is 6.18 Å². The van der Waals surface area contributed by atoms with Crippen LogP contribution in [0.4, 0.5) is 43.5 Å². The summed E-state index contributed by atoms with van der Waals surface area (Å²) >= 11 is 0. The average Bonchev–Trinajstić information content (AvgIpc) is 2.79. The lowest BCUT2D eigenvalue weighted by Crippen LogP contribution is -2.50. The van der Waals surface area contributed by atoms with Crippen molar-refractivity contribution in [3.05, 3.63) is 82.8 Å². The number of carbonyl (C=O) groups is 2. The number of rotatable bonds is 6. The molecule has 3 aromatic rings. The highest BCUT2D eigenvalue weighted by atomic mass is 19.4. The molecule has 1 saturated carbocycles. The van der Waals surface area contributed by atoms with Crippen molar-refractivity contribution >= 4 is 29.0 Å². The van der Waals surface area contributed by atoms with Gasteiger partial charge in [-0.3, -0.25) is 9.59 Å². The molecule has 0 radical (unpaired) electrons. The smallest absolute Gasteiger partial charge is 0.349 e. The Hall–Kier alpha value is -4.09. The van der Waals surface area contributed by atoms with E-state index in [-0.39, 0.29) is 23.1 Å². The number of pyridine rings is 1. The van der Waals surface area contributed by atoms with Gasteiger partial charge in [-0.2, -0.15) is 13.2 Å². The molecule has 6 nitrogen and oxygen atoms in total. The second-order valence-corrected chi connectivity index (χ2v) is 8.68. The molecule has 2 aromatic carbocycles. The van der Waals surface area contributed by atoms with Crippen molar-refractivity contribution in [1.82, 2.24) is 10.3 Å². The van der Waals surface area contributed by atoms with Crippen molar-refractivity contribution < 1.29 is 35.9 Å². The molecule has 12 heteroatoms. The minimum Gasteiger partial charge on any atom is -0.349 e. The quantitative estimate of drug-likeness (QED) is 0.343. The summed E-state index contributed by atoms with van der Waals surface area (Å²) in [5, 5.41) is 7.78. The third-order valence-corrected chi connectivity index (χ3v) is 5.71. The van der Waals surface area contributed by atoms with Crippen molar-refractivity contribution in [2.45, 2.75) is 37.9 Å². The predicted octanol–water partition coefficient (Wildman–Crippen LogP) is 6.07. The van der Waals surface area contributed by atoms with Gasteiger partial charge in [-0.05, 0) is 42.8 Å². The lowest BCUT2D eigenvalue weighted by atomic mass is 9.88. The Labute approximate surface area is 207 Å². The van der Waals surface area contributed by atoms with Crippen molar-refractivity contribution in [2.24, 2.45) is 0 Å². The molecule has 194 valence electrons. The van der Waals surface area contributed by atoms with Gasteiger partial charge in [-0.25, -0.2) is 18.2 Å². The SMILES string of the molecule is Cc1ccccc1Nc1ncc(C(=O)NC2CC(F)(F)C2)cc1NC(=O)c1cc(F)cc(C(F)(F)F)c1. The van der Waals surface area contributed by atoms with Gasteiger partial charge in [-0.1, -0.05) is 18.2 Å². The van der Waals surface area contributed by atoms with Crippen LogP contribution in [-0.2, 0) is 6.18 Å². The maximum absolute atomic E-state index is 13.8. The Balaban J connectivity index is 1.64. The van der Waals surface area contributed by atoms with Crippen molar-refractivity contribution in [1.29, 1.82) is 0 Å². The monoisotopic (exact) mass is 522 g/mol. The first-order valence-corrected chi connectivity index (χ1v) is 11.0. The molecule has 0 saturated heterocycles. The normalized spacial score (nSPS) is 15.0. The molecule has 1 aromatic heterocycles. The summed E-state index contributed by atoms with van der Waals surface area (Å²) in [6.45, 7) is 1.79. The number of amides is 2. The fourth-order valence-corrected chi connectivity index (χ4v) is 3.74. The number of hydrogen-bond acceptors (Lipinski definition) is 4. The van der Waals surface area contributed by atoms with Crippen molar-refractivity contribution in [3.63, 3.8) is 0 Å². The van der Waals surface area contributed by atoms with Gasteiger partial charge in [0.1, 0.15) is 5.82 Å². The first kappa shape index (κ1) is 26.0. The number of aromatic nitrogens is 1. The molecular weight excluding hydrogens is 502 g/mol. The van der Waals surface area contributed by atoms with E-state index in [0.717, 1.165) is 11.8 Å². The molecule has 0 aliphatic heterocycles. The van der Waals surface area contributed by atoms with E-state index in [0.29, 0.717) is 17.8 Å². The van der Waals surface area contributed by atoms with Crippen LogP contribution in [0.2, 0.25) is 0 Å². The van der Waals surface area contributed by atoms with Gasteiger partial charge in [0, 0.05) is 36.3 Å². The van der Waals surface area contributed by atoms with Crippen LogP contribution in [-0.4, -0.2) is 28.8 Å². The van der Waals surface area contributed by atoms with Crippen LogP contribution in [0.25, 0.3) is 0 Å². The number of halogens is 6. The summed E-state index contributed by atoms with van der Waals surface area (Å²) in [5.41, 5.74) is -0.757. The molecule has 0 atom stereocenters. The second-order valence-electron chi connectivity index (χ2n) is 8.68. The Bertz CT molecular complexity index is 1350. The van der Waals surface area contributed by atoms with Crippen LogP contribution < -0.4 is 16.0 Å². The van der Waals surface area contributed by atoms with E-state index >= 15 is 0 Å². The topological polar surface area (TPSA) is 83.1 Å². The average molecular weight is 522 g/mol. The molecule has 0 unspecified atom stereocenters. The number of nitrogens with one attached hydrogen (secondary N) is 3. The molecular formula is C25H20F6N4O2. The van der Waals surface area contributed by atoms with E-state index in [1.807, 2.05) is 0 Å². The van der Waals surface area contributed by atoms with Crippen LogP contribution in [0, 0.1) is 12.7 Å². The molecule has 2 amide bonds. The van der Waals surface area contributed by atoms with E-state index < -0.39 is 59.7 Å². The number of para-hydroxylation sites is 1. The molecule has 1 fully saturated rings. The van der Waals surface area contributed by atoms with Crippen LogP contribution in [0.3, 0.4) is 0 Å². The Morgan fingerprint density at radius 3 is 2.32 bits per heavy atom. The molecule has 1 aliphatic carbocycles.